The largest absolute Gasteiger partial charge is 0.508 e. The number of carbonyl (C=O) groups is 3. The molecule has 0 aliphatic heterocycles. The molecule has 1 aliphatic rings. The number of aromatic nitrogens is 1. The van der Waals surface area contributed by atoms with Gasteiger partial charge in [-0.3, -0.25) is 9.59 Å². The van der Waals surface area contributed by atoms with E-state index in [0.717, 1.165) is 28.6 Å². The minimum absolute atomic E-state index is 0.0983. The fraction of sp³-hybridized carbons (Fsp3) is 0.400. The number of aryl methyl sites for hydroxylation is 2. The Hall–Kier alpha value is -3.54. The van der Waals surface area contributed by atoms with Gasteiger partial charge in [-0.15, -0.1) is 0 Å². The van der Waals surface area contributed by atoms with E-state index in [2.05, 4.69) is 15.6 Å². The van der Waals surface area contributed by atoms with E-state index in [1.807, 2.05) is 6.92 Å². The number of amides is 3. The molecule has 0 bridgehead atoms. The first-order chi connectivity index (χ1) is 20.3. The number of benzene rings is 2. The molecule has 0 radical (unpaired) electrons. The number of likely N-dealkylation sites (N-methyl/N-ethyl adjacent to an activating group) is 1. The van der Waals surface area contributed by atoms with Crippen molar-refractivity contribution in [2.24, 2.45) is 5.73 Å². The van der Waals surface area contributed by atoms with Crippen molar-refractivity contribution in [2.45, 2.75) is 69.5 Å². The summed E-state index contributed by atoms with van der Waals surface area (Å²) in [6.45, 7) is 1.96. The molecule has 3 amide bonds. The van der Waals surface area contributed by atoms with E-state index in [1.54, 1.807) is 31.3 Å². The van der Waals surface area contributed by atoms with Crippen LogP contribution >= 0.6 is 35.4 Å². The van der Waals surface area contributed by atoms with E-state index in [0.29, 0.717) is 34.8 Å². The van der Waals surface area contributed by atoms with Crippen LogP contribution in [-0.4, -0.2) is 67.7 Å². The Morgan fingerprint density at radius 1 is 1.19 bits per heavy atom. The molecule has 2 aromatic carbocycles. The molecule has 1 aromatic heterocycles. The Morgan fingerprint density at radius 3 is 2.51 bits per heavy atom. The molecule has 3 atom stereocenters. The highest BCUT2D eigenvalue weighted by atomic mass is 35.5. The van der Waals surface area contributed by atoms with Crippen LogP contribution in [0.2, 0.25) is 10.0 Å². The Morgan fingerprint density at radius 2 is 1.88 bits per heavy atom. The maximum atomic E-state index is 14.4. The lowest BCUT2D eigenvalue weighted by Crippen LogP contribution is -2.66. The molecule has 0 fully saturated rings. The normalized spacial score (nSPS) is 17.5. The molecule has 3 aromatic rings. The van der Waals surface area contributed by atoms with E-state index >= 15 is 0 Å². The number of nitrogens with zero attached hydrogens (tertiary/aromatic N) is 1. The Bertz CT molecular complexity index is 1550. The molecule has 13 heteroatoms. The van der Waals surface area contributed by atoms with Gasteiger partial charge in [0.2, 0.25) is 11.8 Å². The van der Waals surface area contributed by atoms with E-state index in [9.17, 15) is 24.6 Å². The van der Waals surface area contributed by atoms with Gasteiger partial charge in [0.15, 0.2) is 0 Å². The van der Waals surface area contributed by atoms with E-state index in [1.165, 1.54) is 17.0 Å². The molecule has 230 valence electrons. The number of hydrogen-bond donors (Lipinski definition) is 6. The van der Waals surface area contributed by atoms with Gasteiger partial charge in [-0.05, 0) is 67.5 Å². The van der Waals surface area contributed by atoms with Gasteiger partial charge in [0, 0.05) is 29.6 Å². The van der Waals surface area contributed by atoms with Crippen LogP contribution in [0.1, 0.15) is 49.4 Å². The van der Waals surface area contributed by atoms with Gasteiger partial charge in [0.1, 0.15) is 17.3 Å². The second-order valence-electron chi connectivity index (χ2n) is 11.0. The highest BCUT2D eigenvalue weighted by molar-refractivity contribution is 7.80. The Kier molecular flexibility index (Phi) is 10.1. The quantitative estimate of drug-likeness (QED) is 0.164. The number of hydrogen-bond acceptors (Lipinski definition) is 5. The number of H-pyrrole nitrogens is 1. The topological polar surface area (TPSA) is 161 Å². The Labute approximate surface area is 264 Å². The lowest BCUT2D eigenvalue weighted by molar-refractivity contribution is -0.142. The molecule has 43 heavy (non-hydrogen) atoms. The Balaban J connectivity index is 1.72. The third-order valence-corrected chi connectivity index (χ3v) is 8.81. The number of aromatic amines is 1. The van der Waals surface area contributed by atoms with Crippen molar-refractivity contribution in [2.75, 3.05) is 7.05 Å². The summed E-state index contributed by atoms with van der Waals surface area (Å²) in [6, 6.07) is 8.16. The lowest BCUT2D eigenvalue weighted by Gasteiger charge is -2.42. The minimum Gasteiger partial charge on any atom is -0.508 e. The van der Waals surface area contributed by atoms with Crippen molar-refractivity contribution in [3.63, 3.8) is 0 Å². The molecular weight excluding hydrogens is 613 g/mol. The van der Waals surface area contributed by atoms with Gasteiger partial charge in [-0.2, -0.15) is 0 Å². The van der Waals surface area contributed by atoms with Crippen LogP contribution < -0.4 is 16.4 Å². The lowest BCUT2D eigenvalue weighted by atomic mass is 9.78. The zero-order valence-electron chi connectivity index (χ0n) is 23.9. The molecule has 7 N–H and O–H groups in total. The number of nitrogens with two attached hydrogens (primary N) is 1. The predicted octanol–water partition coefficient (Wildman–Crippen LogP) is 4.71. The predicted molar refractivity (Wildman–Crippen MR) is 171 cm³/mol. The second kappa shape index (κ2) is 13.4. The number of nitrogens with one attached hydrogen (secondary N) is 3. The summed E-state index contributed by atoms with van der Waals surface area (Å²) in [7, 11) is 1.62. The average Bonchev–Trinajstić information content (AvgIpc) is 3.31. The summed E-state index contributed by atoms with van der Waals surface area (Å²) in [5.74, 6) is -0.918. The number of aromatic hydroxyl groups is 1. The molecule has 10 nitrogen and oxygen atoms in total. The molecule has 0 saturated heterocycles. The molecule has 0 spiro atoms. The van der Waals surface area contributed by atoms with Crippen molar-refractivity contribution in [1.82, 2.24) is 20.5 Å². The SMILES string of the molecule is CCCC(C(N)=S)N(C)C(=O)C1(NC(=O)C(CCc2ccc(O)cc2)NC(=O)O)CCc2[nH]c3c(Cl)cc(Cl)cc3c2C1. The second-order valence-corrected chi connectivity index (χ2v) is 12.3. The number of carboxylic acid groups (broad SMARTS) is 1. The molecule has 0 saturated carbocycles. The van der Waals surface area contributed by atoms with Crippen molar-refractivity contribution in [3.05, 3.63) is 63.3 Å². The third-order valence-electron chi connectivity index (χ3n) is 8.02. The average molecular weight is 649 g/mol. The maximum Gasteiger partial charge on any atom is 0.405 e. The van der Waals surface area contributed by atoms with Crippen molar-refractivity contribution >= 4 is 69.2 Å². The number of fused-ring (bicyclic) bond motifs is 3. The summed E-state index contributed by atoms with van der Waals surface area (Å²) in [4.78, 5) is 45.0. The number of rotatable bonds is 11. The zero-order valence-corrected chi connectivity index (χ0v) is 26.2. The number of thiocarbonyl (C=S) groups is 1. The van der Waals surface area contributed by atoms with Crippen LogP contribution in [0, 0.1) is 0 Å². The summed E-state index contributed by atoms with van der Waals surface area (Å²) >= 11 is 18.1. The summed E-state index contributed by atoms with van der Waals surface area (Å²) in [5, 5.41) is 26.0. The van der Waals surface area contributed by atoms with Crippen molar-refractivity contribution in [1.29, 1.82) is 0 Å². The minimum atomic E-state index is -1.43. The first kappa shape index (κ1) is 32.4. The van der Waals surface area contributed by atoms with Crippen LogP contribution in [0.4, 0.5) is 4.79 Å². The maximum absolute atomic E-state index is 14.4. The number of phenols is 1. The van der Waals surface area contributed by atoms with Gasteiger partial charge < -0.3 is 36.5 Å². The first-order valence-corrected chi connectivity index (χ1v) is 15.2. The van der Waals surface area contributed by atoms with Crippen LogP contribution in [0.3, 0.4) is 0 Å². The molecule has 3 unspecified atom stereocenters. The number of halogens is 2. The van der Waals surface area contributed by atoms with Gasteiger partial charge in [0.25, 0.3) is 0 Å². The fourth-order valence-corrected chi connectivity index (χ4v) is 6.62. The van der Waals surface area contributed by atoms with Crippen LogP contribution in [0.15, 0.2) is 36.4 Å². The number of carbonyl (C=O) groups excluding carboxylic acids is 2. The highest BCUT2D eigenvalue weighted by Crippen LogP contribution is 2.39. The van der Waals surface area contributed by atoms with Crippen LogP contribution in [0.5, 0.6) is 5.75 Å². The third kappa shape index (κ3) is 7.17. The standard InChI is InChI=1S/C30H35Cl2N5O5S/c1-3-4-24(26(33)43)37(2)28(40)30(12-11-22-20(15-30)19-13-17(31)14-21(32)25(19)34-22)36-27(39)23(35-29(41)42)10-7-16-5-8-18(38)9-6-16/h5-6,8-9,13-14,23-24,34-35,38H,3-4,7,10-12,15H2,1-2H3,(H2,33,43)(H,36,39)(H,41,42). The molecular formula is C30H35Cl2N5O5S. The number of phenolic OH excluding ortho intramolecular Hbond substituents is 1. The van der Waals surface area contributed by atoms with Gasteiger partial charge in [-0.25, -0.2) is 4.79 Å². The summed E-state index contributed by atoms with van der Waals surface area (Å²) in [6.07, 6.45) is 1.13. The molecule has 1 aliphatic carbocycles. The van der Waals surface area contributed by atoms with Crippen LogP contribution in [0.25, 0.3) is 10.9 Å². The highest BCUT2D eigenvalue weighted by Gasteiger charge is 2.47. The van der Waals surface area contributed by atoms with Crippen molar-refractivity contribution in [3.8, 4) is 5.75 Å². The van der Waals surface area contributed by atoms with Crippen molar-refractivity contribution < 1.29 is 24.6 Å². The van der Waals surface area contributed by atoms with Gasteiger partial charge in [-0.1, -0.05) is 60.9 Å². The molecule has 1 heterocycles. The summed E-state index contributed by atoms with van der Waals surface area (Å²) in [5.41, 5.74) is 7.77. The monoisotopic (exact) mass is 647 g/mol. The smallest absolute Gasteiger partial charge is 0.405 e. The molecule has 4 rings (SSSR count). The first-order valence-electron chi connectivity index (χ1n) is 14.0. The van der Waals surface area contributed by atoms with E-state index < -0.39 is 29.6 Å². The fourth-order valence-electron chi connectivity index (χ4n) is 5.81. The summed E-state index contributed by atoms with van der Waals surface area (Å²) < 4.78 is 0. The van der Waals surface area contributed by atoms with Crippen LogP contribution in [-0.2, 0) is 28.9 Å². The van der Waals surface area contributed by atoms with E-state index in [-0.39, 0.29) is 35.9 Å². The van der Waals surface area contributed by atoms with E-state index in [4.69, 9.17) is 41.2 Å². The zero-order chi connectivity index (χ0) is 31.5. The van der Waals surface area contributed by atoms with Gasteiger partial charge in [0.05, 0.1) is 21.6 Å². The van der Waals surface area contributed by atoms with Gasteiger partial charge >= 0.3 is 6.09 Å².